The molecule has 1 saturated heterocycles. The summed E-state index contributed by atoms with van der Waals surface area (Å²) in [5.74, 6) is 0.152. The van der Waals surface area contributed by atoms with E-state index in [2.05, 4.69) is 20.2 Å². The third-order valence-corrected chi connectivity index (χ3v) is 6.79. The van der Waals surface area contributed by atoms with Crippen molar-refractivity contribution in [3.8, 4) is 5.75 Å². The fraction of sp³-hybridized carbons (Fsp3) is 0.375. The quantitative estimate of drug-likeness (QED) is 0.527. The number of nitrogens with two attached hydrogens (primary N) is 1. The maximum atomic E-state index is 14.5. The Morgan fingerprint density at radius 2 is 2.18 bits per heavy atom. The van der Waals surface area contributed by atoms with Gasteiger partial charge in [-0.25, -0.2) is 14.4 Å². The van der Waals surface area contributed by atoms with Gasteiger partial charge >= 0.3 is 0 Å². The van der Waals surface area contributed by atoms with Crippen LogP contribution in [0.1, 0.15) is 18.4 Å². The minimum Gasteiger partial charge on any atom is -0.496 e. The van der Waals surface area contributed by atoms with E-state index in [4.69, 9.17) is 22.1 Å². The molecule has 34 heavy (non-hydrogen) atoms. The first-order valence-electron chi connectivity index (χ1n) is 11.0. The number of likely N-dealkylation sites (tertiary alicyclic amines) is 1. The van der Waals surface area contributed by atoms with Crippen molar-refractivity contribution in [3.63, 3.8) is 0 Å². The summed E-state index contributed by atoms with van der Waals surface area (Å²) >= 11 is 5.93. The highest BCUT2D eigenvalue weighted by Gasteiger charge is 2.43. The number of hydrogen-bond donors (Lipinski definition) is 2. The van der Waals surface area contributed by atoms with Crippen LogP contribution >= 0.6 is 11.6 Å². The first kappa shape index (κ1) is 24.1. The predicted octanol–water partition coefficient (Wildman–Crippen LogP) is 3.56. The summed E-state index contributed by atoms with van der Waals surface area (Å²) in [5.41, 5.74) is 6.78. The Bertz CT molecular complexity index is 1230. The van der Waals surface area contributed by atoms with Crippen LogP contribution in [0.15, 0.2) is 36.7 Å². The lowest BCUT2D eigenvalue weighted by atomic mass is 9.86. The smallest absolute Gasteiger partial charge is 0.239 e. The molecule has 1 amide bonds. The molecule has 4 rings (SSSR count). The van der Waals surface area contributed by atoms with Crippen molar-refractivity contribution >= 4 is 39.9 Å². The van der Waals surface area contributed by atoms with Crippen LogP contribution in [0.5, 0.6) is 5.75 Å². The number of aromatic nitrogens is 2. The van der Waals surface area contributed by atoms with E-state index in [1.807, 2.05) is 31.1 Å². The number of benzene rings is 2. The molecule has 0 bridgehead atoms. The van der Waals surface area contributed by atoms with E-state index in [1.54, 1.807) is 19.2 Å². The molecule has 3 aromatic rings. The average molecular weight is 487 g/mol. The molecule has 0 radical (unpaired) electrons. The number of ether oxygens (including phenoxy) is 1. The number of nitrogens with one attached hydrogen (secondary N) is 1. The number of hydrogen-bond acceptors (Lipinski definition) is 7. The van der Waals surface area contributed by atoms with Gasteiger partial charge in [-0.15, -0.1) is 0 Å². The molecule has 8 nitrogen and oxygen atoms in total. The molecule has 1 fully saturated rings. The summed E-state index contributed by atoms with van der Waals surface area (Å²) in [6.45, 7) is 1.89. The molecule has 1 atom stereocenters. The number of halogens is 2. The van der Waals surface area contributed by atoms with Gasteiger partial charge in [-0.3, -0.25) is 9.69 Å². The summed E-state index contributed by atoms with van der Waals surface area (Å²) in [5, 5.41) is 3.72. The Morgan fingerprint density at radius 1 is 1.38 bits per heavy atom. The van der Waals surface area contributed by atoms with E-state index < -0.39 is 11.4 Å². The van der Waals surface area contributed by atoms with Gasteiger partial charge in [0.05, 0.1) is 23.3 Å². The summed E-state index contributed by atoms with van der Waals surface area (Å²) in [7, 11) is 5.48. The van der Waals surface area contributed by atoms with Crippen LogP contribution in [-0.4, -0.2) is 65.5 Å². The zero-order valence-electron chi connectivity index (χ0n) is 19.4. The fourth-order valence-corrected chi connectivity index (χ4v) is 4.80. The number of nitrogens with zero attached hydrogens (tertiary/aromatic N) is 4. The lowest BCUT2D eigenvalue weighted by molar-refractivity contribution is -0.133. The van der Waals surface area contributed by atoms with Crippen molar-refractivity contribution in [1.29, 1.82) is 0 Å². The Kier molecular flexibility index (Phi) is 6.88. The first-order valence-corrected chi connectivity index (χ1v) is 11.4. The number of methoxy groups -OCH3 is 1. The highest BCUT2D eigenvalue weighted by Crippen LogP contribution is 2.34. The molecule has 1 aliphatic rings. The number of amides is 1. The SMILES string of the molecule is COc1cc2ncnc(Nc3cccc(Cl)c3F)c2cc1CN(C)C1(C(N)=O)CCCN(C)C1. The van der Waals surface area contributed by atoms with Crippen molar-refractivity contribution in [2.75, 3.05) is 39.6 Å². The molecule has 2 heterocycles. The van der Waals surface area contributed by atoms with Crippen LogP contribution in [-0.2, 0) is 11.3 Å². The lowest BCUT2D eigenvalue weighted by Gasteiger charge is -2.45. The van der Waals surface area contributed by atoms with Crippen LogP contribution < -0.4 is 15.8 Å². The van der Waals surface area contributed by atoms with Gasteiger partial charge in [-0.1, -0.05) is 17.7 Å². The van der Waals surface area contributed by atoms with E-state index in [1.165, 1.54) is 12.4 Å². The summed E-state index contributed by atoms with van der Waals surface area (Å²) in [6, 6.07) is 8.44. The van der Waals surface area contributed by atoms with E-state index in [0.717, 1.165) is 18.5 Å². The second-order valence-corrected chi connectivity index (χ2v) is 9.13. The zero-order valence-corrected chi connectivity index (χ0v) is 20.2. The van der Waals surface area contributed by atoms with Crippen molar-refractivity contribution in [2.45, 2.75) is 24.9 Å². The number of carbonyl (C=O) groups is 1. The Morgan fingerprint density at radius 3 is 2.88 bits per heavy atom. The molecule has 1 unspecified atom stereocenters. The van der Waals surface area contributed by atoms with Crippen LogP contribution in [0.2, 0.25) is 5.02 Å². The Hall–Kier alpha value is -3.01. The van der Waals surface area contributed by atoms with Gasteiger partial charge in [-0.05, 0) is 51.7 Å². The molecule has 10 heteroatoms. The summed E-state index contributed by atoms with van der Waals surface area (Å²) in [4.78, 5) is 25.4. The predicted molar refractivity (Wildman–Crippen MR) is 131 cm³/mol. The maximum Gasteiger partial charge on any atom is 0.239 e. The van der Waals surface area contributed by atoms with E-state index in [0.29, 0.717) is 42.0 Å². The summed E-state index contributed by atoms with van der Waals surface area (Å²) in [6.07, 6.45) is 2.97. The summed E-state index contributed by atoms with van der Waals surface area (Å²) < 4.78 is 20.1. The van der Waals surface area contributed by atoms with Crippen molar-refractivity contribution in [3.05, 3.63) is 53.1 Å². The van der Waals surface area contributed by atoms with E-state index in [9.17, 15) is 9.18 Å². The van der Waals surface area contributed by atoms with Crippen LogP contribution in [0.4, 0.5) is 15.9 Å². The number of fused-ring (bicyclic) bond motifs is 1. The first-order chi connectivity index (χ1) is 16.2. The number of piperidine rings is 1. The van der Waals surface area contributed by atoms with Gasteiger partial charge < -0.3 is 20.7 Å². The number of likely N-dealkylation sites (N-methyl/N-ethyl adjacent to an activating group) is 2. The monoisotopic (exact) mass is 486 g/mol. The second-order valence-electron chi connectivity index (χ2n) is 8.72. The highest BCUT2D eigenvalue weighted by molar-refractivity contribution is 6.31. The number of rotatable bonds is 7. The fourth-order valence-electron chi connectivity index (χ4n) is 4.62. The largest absolute Gasteiger partial charge is 0.496 e. The Labute approximate surface area is 202 Å². The van der Waals surface area contributed by atoms with Gasteiger partial charge in [0, 0.05) is 30.1 Å². The zero-order chi connectivity index (χ0) is 24.5. The third kappa shape index (κ3) is 4.51. The molecule has 0 saturated carbocycles. The molecule has 180 valence electrons. The molecule has 2 aromatic carbocycles. The second kappa shape index (κ2) is 9.69. The van der Waals surface area contributed by atoms with Crippen molar-refractivity contribution in [2.24, 2.45) is 5.73 Å². The van der Waals surface area contributed by atoms with Gasteiger partial charge in [0.2, 0.25) is 5.91 Å². The maximum absolute atomic E-state index is 14.5. The molecule has 3 N–H and O–H groups in total. The Balaban J connectivity index is 1.73. The van der Waals surface area contributed by atoms with Gasteiger partial charge in [0.25, 0.3) is 0 Å². The third-order valence-electron chi connectivity index (χ3n) is 6.50. The lowest BCUT2D eigenvalue weighted by Crippen LogP contribution is -2.63. The van der Waals surface area contributed by atoms with Gasteiger partial charge in [0.15, 0.2) is 5.82 Å². The van der Waals surface area contributed by atoms with Crippen LogP contribution in [0, 0.1) is 5.82 Å². The highest BCUT2D eigenvalue weighted by atomic mass is 35.5. The number of primary amides is 1. The van der Waals surface area contributed by atoms with Gasteiger partial charge in [0.1, 0.15) is 23.4 Å². The normalized spacial score (nSPS) is 18.9. The number of carbonyl (C=O) groups excluding carboxylic acids is 1. The van der Waals surface area contributed by atoms with Crippen molar-refractivity contribution < 1.29 is 13.9 Å². The molecule has 0 spiro atoms. The molecule has 1 aromatic heterocycles. The molecule has 1 aliphatic heterocycles. The minimum absolute atomic E-state index is 0.0153. The van der Waals surface area contributed by atoms with E-state index in [-0.39, 0.29) is 16.6 Å². The van der Waals surface area contributed by atoms with E-state index >= 15 is 0 Å². The average Bonchev–Trinajstić information content (AvgIpc) is 2.81. The van der Waals surface area contributed by atoms with Crippen LogP contribution in [0.3, 0.4) is 0 Å². The minimum atomic E-state index is -0.787. The standard InChI is InChI=1S/C24H28ClFN6O2/c1-31-9-5-8-24(13-31,23(27)33)32(2)12-15-10-16-19(11-20(15)34-3)28-14-29-22(16)30-18-7-4-6-17(25)21(18)26/h4,6-7,10-11,14H,5,8-9,12-13H2,1-3H3,(H2,27,33)(H,28,29,30). The van der Waals surface area contributed by atoms with Gasteiger partial charge in [-0.2, -0.15) is 0 Å². The van der Waals surface area contributed by atoms with Crippen molar-refractivity contribution in [1.82, 2.24) is 19.8 Å². The molecular formula is C24H28ClFN6O2. The van der Waals surface area contributed by atoms with Crippen LogP contribution in [0.25, 0.3) is 10.9 Å². The molecular weight excluding hydrogens is 459 g/mol. The molecule has 0 aliphatic carbocycles. The topological polar surface area (TPSA) is 96.6 Å². The number of anilines is 2.